The molecule has 4 N–H and O–H groups in total. The van der Waals surface area contributed by atoms with Crippen LogP contribution in [0.3, 0.4) is 0 Å². The van der Waals surface area contributed by atoms with Gasteiger partial charge < -0.3 is 20.9 Å². The molecule has 1 aliphatic heterocycles. The third kappa shape index (κ3) is 2.38. The van der Waals surface area contributed by atoms with E-state index < -0.39 is 5.82 Å². The first-order valence-corrected chi connectivity index (χ1v) is 5.79. The third-order valence-electron chi connectivity index (χ3n) is 3.24. The molecule has 1 saturated heterocycles. The lowest BCUT2D eigenvalue weighted by Gasteiger charge is -2.19. The van der Waals surface area contributed by atoms with Gasteiger partial charge in [0.05, 0.1) is 5.69 Å². The molecule has 1 unspecified atom stereocenters. The van der Waals surface area contributed by atoms with Crippen LogP contribution in [-0.2, 0) is 0 Å². The van der Waals surface area contributed by atoms with Crippen LogP contribution in [0, 0.1) is 11.7 Å². The molecule has 1 atom stereocenters. The van der Waals surface area contributed by atoms with Gasteiger partial charge in [0.1, 0.15) is 5.82 Å². The van der Waals surface area contributed by atoms with Crippen LogP contribution < -0.4 is 10.6 Å². The zero-order valence-electron chi connectivity index (χ0n) is 9.88. The highest BCUT2D eigenvalue weighted by molar-refractivity contribution is 5.97. The molecule has 0 aliphatic carbocycles. The summed E-state index contributed by atoms with van der Waals surface area (Å²) in [5, 5.41) is 20.4. The highest BCUT2D eigenvalue weighted by Gasteiger charge is 2.24. The maximum atomic E-state index is 13.9. The van der Waals surface area contributed by atoms with Crippen molar-refractivity contribution in [2.45, 2.75) is 6.42 Å². The molecule has 0 radical (unpaired) electrons. The van der Waals surface area contributed by atoms with Gasteiger partial charge >= 0.3 is 0 Å². The molecule has 1 aromatic carbocycles. The zero-order valence-corrected chi connectivity index (χ0v) is 9.88. The van der Waals surface area contributed by atoms with Gasteiger partial charge in [-0.3, -0.25) is 0 Å². The highest BCUT2D eigenvalue weighted by atomic mass is 19.1. The van der Waals surface area contributed by atoms with E-state index in [1.54, 1.807) is 12.1 Å². The summed E-state index contributed by atoms with van der Waals surface area (Å²) < 4.78 is 13.9. The molecule has 98 valence electrons. The van der Waals surface area contributed by atoms with Crippen LogP contribution in [0.25, 0.3) is 0 Å². The van der Waals surface area contributed by atoms with Gasteiger partial charge in [0.15, 0.2) is 5.84 Å². The second-order valence-electron chi connectivity index (χ2n) is 4.43. The number of anilines is 1. The molecule has 0 spiro atoms. The number of oxime groups is 1. The number of nitrogens with two attached hydrogens (primary N) is 1. The molecule has 0 bridgehead atoms. The fraction of sp³-hybridized carbons (Fsp3) is 0.417. The molecule has 0 amide bonds. The first-order valence-electron chi connectivity index (χ1n) is 5.79. The first kappa shape index (κ1) is 12.6. The lowest BCUT2D eigenvalue weighted by Crippen LogP contribution is -2.22. The monoisotopic (exact) mass is 253 g/mol. The molecule has 1 aliphatic rings. The van der Waals surface area contributed by atoms with Crippen LogP contribution in [-0.4, -0.2) is 35.8 Å². The minimum Gasteiger partial charge on any atom is -0.409 e. The molecule has 2 rings (SSSR count). The summed E-state index contributed by atoms with van der Waals surface area (Å²) in [6.45, 7) is 1.50. The maximum Gasteiger partial charge on any atom is 0.170 e. The molecule has 0 aromatic heterocycles. The van der Waals surface area contributed by atoms with Crippen molar-refractivity contribution >= 4 is 11.5 Å². The Morgan fingerprint density at radius 1 is 1.56 bits per heavy atom. The van der Waals surface area contributed by atoms with Gasteiger partial charge in [-0.15, -0.1) is 0 Å². The summed E-state index contributed by atoms with van der Waals surface area (Å²) >= 11 is 0. The second-order valence-corrected chi connectivity index (χ2v) is 4.43. The van der Waals surface area contributed by atoms with Gasteiger partial charge in [0.25, 0.3) is 0 Å². The van der Waals surface area contributed by atoms with Gasteiger partial charge in [-0.05, 0) is 24.6 Å². The lowest BCUT2D eigenvalue weighted by molar-refractivity contribution is 0.238. The zero-order chi connectivity index (χ0) is 13.1. The molecule has 0 saturated carbocycles. The standard InChI is InChI=1S/C12H16FN3O2/c13-10-5-9(12(14)15-18)1-2-11(10)16-4-3-8(6-16)7-17/h1-2,5,8,17-18H,3-4,6-7H2,(H2,14,15). The molecule has 18 heavy (non-hydrogen) atoms. The van der Waals surface area contributed by atoms with Gasteiger partial charge in [-0.1, -0.05) is 5.16 Å². The van der Waals surface area contributed by atoms with E-state index in [4.69, 9.17) is 16.0 Å². The fourth-order valence-corrected chi connectivity index (χ4v) is 2.18. The van der Waals surface area contributed by atoms with Crippen molar-refractivity contribution in [2.24, 2.45) is 16.8 Å². The predicted molar refractivity (Wildman–Crippen MR) is 66.3 cm³/mol. The molecule has 1 fully saturated rings. The smallest absolute Gasteiger partial charge is 0.170 e. The molecular weight excluding hydrogens is 237 g/mol. The van der Waals surface area contributed by atoms with E-state index >= 15 is 0 Å². The van der Waals surface area contributed by atoms with Crippen LogP contribution in [0.5, 0.6) is 0 Å². The van der Waals surface area contributed by atoms with Crippen molar-refractivity contribution in [3.63, 3.8) is 0 Å². The quantitative estimate of drug-likeness (QED) is 0.321. The lowest BCUT2D eigenvalue weighted by atomic mass is 10.1. The van der Waals surface area contributed by atoms with E-state index in [-0.39, 0.29) is 18.4 Å². The number of nitrogens with zero attached hydrogens (tertiary/aromatic N) is 2. The number of amidine groups is 1. The fourth-order valence-electron chi connectivity index (χ4n) is 2.18. The van der Waals surface area contributed by atoms with Crippen molar-refractivity contribution in [3.05, 3.63) is 29.6 Å². The molecular formula is C12H16FN3O2. The Hall–Kier alpha value is -1.82. The van der Waals surface area contributed by atoms with Gasteiger partial charge in [-0.2, -0.15) is 0 Å². The largest absolute Gasteiger partial charge is 0.409 e. The summed E-state index contributed by atoms with van der Waals surface area (Å²) in [7, 11) is 0. The van der Waals surface area contributed by atoms with E-state index in [0.29, 0.717) is 17.8 Å². The number of benzene rings is 1. The first-order chi connectivity index (χ1) is 8.65. The highest BCUT2D eigenvalue weighted by Crippen LogP contribution is 2.26. The number of hydrogen-bond acceptors (Lipinski definition) is 4. The van der Waals surface area contributed by atoms with Crippen LogP contribution >= 0.6 is 0 Å². The van der Waals surface area contributed by atoms with Crippen LogP contribution in [0.15, 0.2) is 23.4 Å². The normalized spacial score (nSPS) is 20.4. The van der Waals surface area contributed by atoms with Gasteiger partial charge in [0, 0.05) is 31.2 Å². The summed E-state index contributed by atoms with van der Waals surface area (Å²) in [4.78, 5) is 1.90. The van der Waals surface area contributed by atoms with Crippen LogP contribution in [0.2, 0.25) is 0 Å². The van der Waals surface area contributed by atoms with Crippen LogP contribution in [0.1, 0.15) is 12.0 Å². The Morgan fingerprint density at radius 3 is 2.89 bits per heavy atom. The number of rotatable bonds is 3. The average molecular weight is 253 g/mol. The average Bonchev–Trinajstić information content (AvgIpc) is 2.86. The van der Waals surface area contributed by atoms with E-state index in [0.717, 1.165) is 13.0 Å². The minimum absolute atomic E-state index is 0.116. The Bertz CT molecular complexity index is 465. The van der Waals surface area contributed by atoms with E-state index in [1.165, 1.54) is 6.07 Å². The van der Waals surface area contributed by atoms with Crippen molar-refractivity contribution in [1.82, 2.24) is 0 Å². The Morgan fingerprint density at radius 2 is 2.33 bits per heavy atom. The minimum atomic E-state index is -0.405. The number of halogens is 1. The predicted octanol–water partition coefficient (Wildman–Crippen LogP) is 0.739. The molecule has 5 nitrogen and oxygen atoms in total. The van der Waals surface area contributed by atoms with Crippen molar-refractivity contribution in [1.29, 1.82) is 0 Å². The van der Waals surface area contributed by atoms with E-state index in [1.807, 2.05) is 4.90 Å². The number of aliphatic hydroxyl groups excluding tert-OH is 1. The van der Waals surface area contributed by atoms with Gasteiger partial charge in [0.2, 0.25) is 0 Å². The Balaban J connectivity index is 2.20. The van der Waals surface area contributed by atoms with E-state index in [2.05, 4.69) is 5.16 Å². The van der Waals surface area contributed by atoms with Crippen molar-refractivity contribution in [3.8, 4) is 0 Å². The Labute approximate surface area is 104 Å². The number of aliphatic hydroxyl groups is 1. The SMILES string of the molecule is N/C(=N/O)c1ccc(N2CCC(CO)C2)c(F)c1. The second kappa shape index (κ2) is 5.22. The van der Waals surface area contributed by atoms with Crippen molar-refractivity contribution < 1.29 is 14.7 Å². The summed E-state index contributed by atoms with van der Waals surface area (Å²) in [5.74, 6) is -0.319. The Kier molecular flexibility index (Phi) is 3.66. The van der Waals surface area contributed by atoms with Crippen LogP contribution in [0.4, 0.5) is 10.1 Å². The van der Waals surface area contributed by atoms with E-state index in [9.17, 15) is 4.39 Å². The van der Waals surface area contributed by atoms with Crippen molar-refractivity contribution in [2.75, 3.05) is 24.6 Å². The third-order valence-corrected chi connectivity index (χ3v) is 3.24. The maximum absolute atomic E-state index is 13.9. The van der Waals surface area contributed by atoms with Gasteiger partial charge in [-0.25, -0.2) is 4.39 Å². The summed E-state index contributed by atoms with van der Waals surface area (Å²) in [5.41, 5.74) is 6.23. The summed E-state index contributed by atoms with van der Waals surface area (Å²) in [6.07, 6.45) is 0.859. The molecule has 1 aromatic rings. The topological polar surface area (TPSA) is 82.1 Å². The molecule has 1 heterocycles. The number of hydrogen-bond donors (Lipinski definition) is 3. The molecule has 6 heteroatoms. The summed E-state index contributed by atoms with van der Waals surface area (Å²) in [6, 6.07) is 4.47.